The second kappa shape index (κ2) is 5.79. The minimum Gasteiger partial charge on any atom is -0.394 e. The molecule has 1 fully saturated rings. The fourth-order valence-electron chi connectivity index (χ4n) is 2.21. The lowest BCUT2D eigenvalue weighted by molar-refractivity contribution is 0.157. The molecule has 0 aliphatic heterocycles. The Morgan fingerprint density at radius 3 is 2.55 bits per heavy atom. The van der Waals surface area contributed by atoms with E-state index in [1.165, 1.54) is 17.0 Å². The summed E-state index contributed by atoms with van der Waals surface area (Å²) >= 11 is 0. The van der Waals surface area contributed by atoms with E-state index in [1.807, 2.05) is 0 Å². The van der Waals surface area contributed by atoms with Gasteiger partial charge in [-0.1, -0.05) is 12.1 Å². The van der Waals surface area contributed by atoms with E-state index in [2.05, 4.69) is 5.32 Å². The summed E-state index contributed by atoms with van der Waals surface area (Å²) in [7, 11) is 1.66. The quantitative estimate of drug-likeness (QED) is 0.865. The molecule has 1 unspecified atom stereocenters. The van der Waals surface area contributed by atoms with Crippen LogP contribution in [0.4, 0.5) is 9.18 Å². The average Bonchev–Trinajstić information content (AvgIpc) is 3.25. The molecule has 4 nitrogen and oxygen atoms in total. The van der Waals surface area contributed by atoms with E-state index in [-0.39, 0.29) is 29.9 Å². The van der Waals surface area contributed by atoms with Crippen LogP contribution in [0.3, 0.4) is 0 Å². The lowest BCUT2D eigenvalue weighted by Gasteiger charge is -2.25. The van der Waals surface area contributed by atoms with Gasteiger partial charge in [-0.05, 0) is 37.5 Å². The van der Waals surface area contributed by atoms with Crippen LogP contribution in [-0.4, -0.2) is 42.3 Å². The molecule has 0 spiro atoms. The molecule has 2 amide bonds. The predicted octanol–water partition coefficient (Wildman–Crippen LogP) is 1.88. The Hall–Kier alpha value is -1.62. The Morgan fingerprint density at radius 1 is 1.45 bits per heavy atom. The zero-order valence-corrected chi connectivity index (χ0v) is 11.9. The first kappa shape index (κ1) is 14.8. The van der Waals surface area contributed by atoms with Crippen LogP contribution >= 0.6 is 0 Å². The van der Waals surface area contributed by atoms with Crippen LogP contribution in [0.15, 0.2) is 24.3 Å². The van der Waals surface area contributed by atoms with Crippen LogP contribution in [0.2, 0.25) is 0 Å². The van der Waals surface area contributed by atoms with Gasteiger partial charge in [0.25, 0.3) is 0 Å². The van der Waals surface area contributed by atoms with Crippen LogP contribution in [-0.2, 0) is 5.41 Å². The highest BCUT2D eigenvalue weighted by atomic mass is 19.1. The van der Waals surface area contributed by atoms with Crippen molar-refractivity contribution in [3.63, 3.8) is 0 Å². The summed E-state index contributed by atoms with van der Waals surface area (Å²) in [6.07, 6.45) is 2.00. The Bertz CT molecular complexity index is 471. The Labute approximate surface area is 118 Å². The van der Waals surface area contributed by atoms with Crippen LogP contribution < -0.4 is 5.32 Å². The molecule has 0 bridgehead atoms. The fraction of sp³-hybridized carbons (Fsp3) is 0.533. The first-order valence-electron chi connectivity index (χ1n) is 6.86. The number of aliphatic hydroxyl groups excluding tert-OH is 1. The molecule has 1 aliphatic carbocycles. The van der Waals surface area contributed by atoms with E-state index < -0.39 is 0 Å². The maximum Gasteiger partial charge on any atom is 0.317 e. The van der Waals surface area contributed by atoms with E-state index in [0.717, 1.165) is 18.4 Å². The van der Waals surface area contributed by atoms with E-state index in [9.17, 15) is 9.18 Å². The van der Waals surface area contributed by atoms with Crippen molar-refractivity contribution in [3.05, 3.63) is 35.6 Å². The molecule has 5 heteroatoms. The van der Waals surface area contributed by atoms with Crippen LogP contribution in [0, 0.1) is 5.82 Å². The minimum atomic E-state index is -0.245. The SMILES string of the molecule is CC(CO)N(C)C(=O)NCC1(c2ccc(F)cc2)CC1. The zero-order chi connectivity index (χ0) is 14.8. The molecule has 1 saturated carbocycles. The normalized spacial score (nSPS) is 17.4. The number of carbonyl (C=O) groups excluding carboxylic acids is 1. The number of rotatable bonds is 5. The predicted molar refractivity (Wildman–Crippen MR) is 75.0 cm³/mol. The number of likely N-dealkylation sites (N-methyl/N-ethyl adjacent to an activating group) is 1. The van der Waals surface area contributed by atoms with E-state index in [4.69, 9.17) is 5.11 Å². The van der Waals surface area contributed by atoms with Crippen molar-refractivity contribution in [2.24, 2.45) is 0 Å². The average molecular weight is 280 g/mol. The topological polar surface area (TPSA) is 52.6 Å². The number of benzene rings is 1. The number of aliphatic hydroxyl groups is 1. The summed E-state index contributed by atoms with van der Waals surface area (Å²) in [5.41, 5.74) is 1.02. The van der Waals surface area contributed by atoms with Gasteiger partial charge in [0.1, 0.15) is 5.82 Å². The van der Waals surface area contributed by atoms with Crippen molar-refractivity contribution in [2.45, 2.75) is 31.2 Å². The van der Waals surface area contributed by atoms with Gasteiger partial charge in [-0.15, -0.1) is 0 Å². The number of carbonyl (C=O) groups is 1. The van der Waals surface area contributed by atoms with E-state index in [1.54, 1.807) is 26.1 Å². The van der Waals surface area contributed by atoms with E-state index in [0.29, 0.717) is 6.54 Å². The van der Waals surface area contributed by atoms with Gasteiger partial charge in [-0.25, -0.2) is 9.18 Å². The van der Waals surface area contributed by atoms with Crippen LogP contribution in [0.25, 0.3) is 0 Å². The van der Waals surface area contributed by atoms with E-state index >= 15 is 0 Å². The molecule has 20 heavy (non-hydrogen) atoms. The van der Waals surface area contributed by atoms with Crippen molar-refractivity contribution in [1.82, 2.24) is 10.2 Å². The maximum absolute atomic E-state index is 12.9. The van der Waals surface area contributed by atoms with Gasteiger partial charge in [-0.2, -0.15) is 0 Å². The molecule has 2 rings (SSSR count). The first-order chi connectivity index (χ1) is 9.48. The number of nitrogens with zero attached hydrogens (tertiary/aromatic N) is 1. The summed E-state index contributed by atoms with van der Waals surface area (Å²) in [4.78, 5) is 13.4. The maximum atomic E-state index is 12.9. The minimum absolute atomic E-state index is 0.0490. The molecule has 0 radical (unpaired) electrons. The Kier molecular flexibility index (Phi) is 4.28. The van der Waals surface area contributed by atoms with Crippen molar-refractivity contribution < 1.29 is 14.3 Å². The third-order valence-electron chi connectivity index (χ3n) is 4.13. The van der Waals surface area contributed by atoms with Crippen molar-refractivity contribution in [2.75, 3.05) is 20.2 Å². The van der Waals surface area contributed by atoms with Gasteiger partial charge in [0.05, 0.1) is 12.6 Å². The fourth-order valence-corrected chi connectivity index (χ4v) is 2.21. The third-order valence-corrected chi connectivity index (χ3v) is 4.13. The number of nitrogens with one attached hydrogen (secondary N) is 1. The number of hydrogen-bond acceptors (Lipinski definition) is 2. The van der Waals surface area contributed by atoms with Gasteiger partial charge in [0.2, 0.25) is 0 Å². The highest BCUT2D eigenvalue weighted by molar-refractivity contribution is 5.74. The highest BCUT2D eigenvalue weighted by Crippen LogP contribution is 2.47. The lowest BCUT2D eigenvalue weighted by Crippen LogP contribution is -2.45. The standard InChI is InChI=1S/C15H21FN2O2/c1-11(9-19)18(2)14(20)17-10-15(7-8-15)12-3-5-13(16)6-4-12/h3-6,11,19H,7-10H2,1-2H3,(H,17,20). The van der Waals surface area contributed by atoms with Gasteiger partial charge in [0, 0.05) is 19.0 Å². The van der Waals surface area contributed by atoms with Crippen molar-refractivity contribution in [1.29, 1.82) is 0 Å². The molecule has 0 saturated heterocycles. The second-order valence-corrected chi connectivity index (χ2v) is 5.59. The van der Waals surface area contributed by atoms with Gasteiger partial charge in [-0.3, -0.25) is 0 Å². The lowest BCUT2D eigenvalue weighted by atomic mass is 9.96. The van der Waals surface area contributed by atoms with Crippen LogP contribution in [0.5, 0.6) is 0 Å². The smallest absolute Gasteiger partial charge is 0.317 e. The molecular formula is C15H21FN2O2. The second-order valence-electron chi connectivity index (χ2n) is 5.59. The molecule has 1 aliphatic rings. The molecule has 0 aromatic heterocycles. The number of amides is 2. The number of halogens is 1. The largest absolute Gasteiger partial charge is 0.394 e. The molecule has 2 N–H and O–H groups in total. The Balaban J connectivity index is 1.93. The molecule has 110 valence electrons. The molecular weight excluding hydrogens is 259 g/mol. The van der Waals surface area contributed by atoms with Crippen molar-refractivity contribution in [3.8, 4) is 0 Å². The van der Waals surface area contributed by atoms with Gasteiger partial charge < -0.3 is 15.3 Å². The van der Waals surface area contributed by atoms with Gasteiger partial charge >= 0.3 is 6.03 Å². The molecule has 1 atom stereocenters. The summed E-state index contributed by atoms with van der Waals surface area (Å²) in [6, 6.07) is 6.08. The summed E-state index contributed by atoms with van der Waals surface area (Å²) in [5, 5.41) is 11.9. The monoisotopic (exact) mass is 280 g/mol. The Morgan fingerprint density at radius 2 is 2.05 bits per heavy atom. The highest BCUT2D eigenvalue weighted by Gasteiger charge is 2.44. The number of hydrogen-bond donors (Lipinski definition) is 2. The van der Waals surface area contributed by atoms with Crippen LogP contribution in [0.1, 0.15) is 25.3 Å². The first-order valence-corrected chi connectivity index (χ1v) is 6.86. The number of urea groups is 1. The summed E-state index contributed by atoms with van der Waals surface area (Å²) in [5.74, 6) is -0.245. The molecule has 0 heterocycles. The molecule has 1 aromatic carbocycles. The summed E-state index contributed by atoms with van der Waals surface area (Å²) < 4.78 is 12.9. The summed E-state index contributed by atoms with van der Waals surface area (Å²) in [6.45, 7) is 2.26. The molecule has 1 aromatic rings. The third kappa shape index (κ3) is 3.10. The van der Waals surface area contributed by atoms with Gasteiger partial charge in [0.15, 0.2) is 0 Å². The zero-order valence-electron chi connectivity index (χ0n) is 11.9. The van der Waals surface area contributed by atoms with Crippen molar-refractivity contribution >= 4 is 6.03 Å².